The maximum absolute atomic E-state index is 11.8. The summed E-state index contributed by atoms with van der Waals surface area (Å²) >= 11 is 4.42. The second kappa shape index (κ2) is 5.44. The van der Waals surface area contributed by atoms with Crippen LogP contribution in [0.15, 0.2) is 14.7 Å². The van der Waals surface area contributed by atoms with Gasteiger partial charge in [-0.25, -0.2) is 17.9 Å². The lowest BCUT2D eigenvalue weighted by molar-refractivity contribution is -0.146. The van der Waals surface area contributed by atoms with Crippen molar-refractivity contribution < 1.29 is 23.4 Å². The van der Waals surface area contributed by atoms with Crippen LogP contribution >= 0.6 is 27.3 Å². The maximum atomic E-state index is 11.8. The summed E-state index contributed by atoms with van der Waals surface area (Å²) in [6.07, 6.45) is -1.76. The number of aliphatic hydroxyl groups is 1. The Bertz CT molecular complexity index is 524. The fourth-order valence-corrected chi connectivity index (χ4v) is 4.50. The zero-order valence-corrected chi connectivity index (χ0v) is 11.9. The van der Waals surface area contributed by atoms with Crippen LogP contribution in [0.2, 0.25) is 0 Å². The normalized spacial score (nSPS) is 13.6. The van der Waals surface area contributed by atoms with E-state index in [0.29, 0.717) is 8.66 Å². The number of carbonyl (C=O) groups is 1. The van der Waals surface area contributed by atoms with Crippen molar-refractivity contribution in [3.63, 3.8) is 0 Å². The summed E-state index contributed by atoms with van der Waals surface area (Å²) in [5, 5.41) is 17.4. The van der Waals surface area contributed by atoms with Crippen LogP contribution in [-0.4, -0.2) is 37.2 Å². The molecule has 0 saturated heterocycles. The summed E-state index contributed by atoms with van der Waals surface area (Å²) in [6, 6.07) is 1.43. The zero-order chi connectivity index (χ0) is 13.2. The van der Waals surface area contributed by atoms with Crippen LogP contribution in [0.4, 0.5) is 0 Å². The molecule has 3 N–H and O–H groups in total. The minimum absolute atomic E-state index is 0.0759. The van der Waals surface area contributed by atoms with E-state index in [4.69, 9.17) is 10.2 Å². The number of aryl methyl sites for hydroxylation is 1. The molecule has 1 rings (SSSR count). The lowest BCUT2D eigenvalue weighted by Crippen LogP contribution is -2.36. The van der Waals surface area contributed by atoms with Gasteiger partial charge >= 0.3 is 5.97 Å². The molecule has 1 atom stereocenters. The summed E-state index contributed by atoms with van der Waals surface area (Å²) in [6.45, 7) is 1.07. The van der Waals surface area contributed by atoms with Gasteiger partial charge in [0, 0.05) is 11.4 Å². The number of carboxylic acid groups (broad SMARTS) is 1. The Morgan fingerprint density at radius 1 is 1.65 bits per heavy atom. The molecule has 6 nitrogen and oxygen atoms in total. The quantitative estimate of drug-likeness (QED) is 0.723. The highest BCUT2D eigenvalue weighted by molar-refractivity contribution is 9.11. The molecule has 0 aromatic carbocycles. The largest absolute Gasteiger partial charge is 0.479 e. The molecule has 0 unspecified atom stereocenters. The van der Waals surface area contributed by atoms with Crippen LogP contribution < -0.4 is 4.72 Å². The number of sulfonamides is 1. The van der Waals surface area contributed by atoms with E-state index in [1.165, 1.54) is 17.4 Å². The second-order valence-corrected chi connectivity index (χ2v) is 7.55. The first-order valence-electron chi connectivity index (χ1n) is 4.40. The van der Waals surface area contributed by atoms with Gasteiger partial charge in [-0.3, -0.25) is 0 Å². The van der Waals surface area contributed by atoms with E-state index >= 15 is 0 Å². The van der Waals surface area contributed by atoms with Crippen LogP contribution in [0, 0.1) is 6.92 Å². The van der Waals surface area contributed by atoms with Crippen molar-refractivity contribution in [3.05, 3.63) is 14.7 Å². The summed E-state index contributed by atoms with van der Waals surface area (Å²) < 4.78 is 26.2. The van der Waals surface area contributed by atoms with Gasteiger partial charge in [-0.1, -0.05) is 0 Å². The Labute approximate surface area is 110 Å². The molecule has 0 aliphatic carbocycles. The van der Waals surface area contributed by atoms with Crippen molar-refractivity contribution in [2.75, 3.05) is 6.54 Å². The molecule has 0 saturated carbocycles. The lowest BCUT2D eigenvalue weighted by Gasteiger charge is -2.08. The molecule has 0 aliphatic heterocycles. The van der Waals surface area contributed by atoms with Crippen molar-refractivity contribution in [2.24, 2.45) is 0 Å². The predicted octanol–water partition coefficient (Wildman–Crippen LogP) is 0.543. The van der Waals surface area contributed by atoms with Crippen LogP contribution in [0.25, 0.3) is 0 Å². The van der Waals surface area contributed by atoms with Crippen molar-refractivity contribution >= 4 is 43.3 Å². The summed E-state index contributed by atoms with van der Waals surface area (Å²) in [5.41, 5.74) is 0. The third kappa shape index (κ3) is 3.75. The second-order valence-electron chi connectivity index (χ2n) is 3.18. The highest BCUT2D eigenvalue weighted by Crippen LogP contribution is 2.29. The Morgan fingerprint density at radius 2 is 2.24 bits per heavy atom. The van der Waals surface area contributed by atoms with E-state index in [1.807, 2.05) is 4.72 Å². The average molecular weight is 344 g/mol. The highest BCUT2D eigenvalue weighted by Gasteiger charge is 2.22. The first-order chi connectivity index (χ1) is 7.74. The number of nitrogens with one attached hydrogen (secondary N) is 1. The molecule has 0 bridgehead atoms. The molecule has 96 valence electrons. The minimum Gasteiger partial charge on any atom is -0.479 e. The number of halogens is 1. The van der Waals surface area contributed by atoms with E-state index in [9.17, 15) is 13.2 Å². The standard InChI is InChI=1S/C8H10BrNO5S2/c1-4-6(2-7(9)16-4)17(14,15)10-3-5(11)8(12)13/h2,5,10-11H,3H2,1H3,(H,12,13)/t5-/m0/s1. The van der Waals surface area contributed by atoms with Gasteiger partial charge in [0.25, 0.3) is 0 Å². The van der Waals surface area contributed by atoms with Crippen molar-refractivity contribution in [1.82, 2.24) is 4.72 Å². The molecule has 17 heavy (non-hydrogen) atoms. The molecular formula is C8H10BrNO5S2. The Hall–Kier alpha value is -0.480. The molecule has 1 aromatic heterocycles. The Balaban J connectivity index is 2.83. The zero-order valence-electron chi connectivity index (χ0n) is 8.68. The van der Waals surface area contributed by atoms with E-state index in [2.05, 4.69) is 15.9 Å². The van der Waals surface area contributed by atoms with E-state index in [-0.39, 0.29) is 4.90 Å². The molecule has 0 amide bonds. The van der Waals surface area contributed by atoms with Gasteiger partial charge in [-0.05, 0) is 28.9 Å². The SMILES string of the molecule is Cc1sc(Br)cc1S(=O)(=O)NC[C@H](O)C(=O)O. The van der Waals surface area contributed by atoms with Gasteiger partial charge in [0.2, 0.25) is 10.0 Å². The van der Waals surface area contributed by atoms with Crippen molar-refractivity contribution in [1.29, 1.82) is 0 Å². The third-order valence-electron chi connectivity index (χ3n) is 1.88. The van der Waals surface area contributed by atoms with Crippen molar-refractivity contribution in [2.45, 2.75) is 17.9 Å². The van der Waals surface area contributed by atoms with E-state index < -0.39 is 28.6 Å². The predicted molar refractivity (Wildman–Crippen MR) is 65.6 cm³/mol. The van der Waals surface area contributed by atoms with Gasteiger partial charge in [0.05, 0.1) is 8.68 Å². The number of hydrogen-bond donors (Lipinski definition) is 3. The molecule has 0 spiro atoms. The van der Waals surface area contributed by atoms with Crippen molar-refractivity contribution in [3.8, 4) is 0 Å². The molecule has 1 heterocycles. The number of thiophene rings is 1. The van der Waals surface area contributed by atoms with Crippen LogP contribution in [-0.2, 0) is 14.8 Å². The molecule has 0 radical (unpaired) electrons. The summed E-state index contributed by atoms with van der Waals surface area (Å²) in [5.74, 6) is -1.48. The first-order valence-corrected chi connectivity index (χ1v) is 7.50. The van der Waals surface area contributed by atoms with Crippen LogP contribution in [0.1, 0.15) is 4.88 Å². The Kier molecular flexibility index (Phi) is 4.67. The van der Waals surface area contributed by atoms with E-state index in [0.717, 1.165) is 0 Å². The van der Waals surface area contributed by atoms with Gasteiger partial charge in [-0.2, -0.15) is 0 Å². The van der Waals surface area contributed by atoms with Gasteiger partial charge < -0.3 is 10.2 Å². The number of aliphatic hydroxyl groups excluding tert-OH is 1. The minimum atomic E-state index is -3.79. The summed E-state index contributed by atoms with van der Waals surface area (Å²) in [7, 11) is -3.79. The topological polar surface area (TPSA) is 104 Å². The number of rotatable bonds is 5. The number of carboxylic acids is 1. The maximum Gasteiger partial charge on any atom is 0.333 e. The van der Waals surface area contributed by atoms with Gasteiger partial charge in [0.1, 0.15) is 0 Å². The van der Waals surface area contributed by atoms with Gasteiger partial charge in [0.15, 0.2) is 6.10 Å². The monoisotopic (exact) mass is 343 g/mol. The van der Waals surface area contributed by atoms with Gasteiger partial charge in [-0.15, -0.1) is 11.3 Å². The Morgan fingerprint density at radius 3 is 2.65 bits per heavy atom. The first kappa shape index (κ1) is 14.6. The molecule has 1 aromatic rings. The number of aliphatic carboxylic acids is 1. The lowest BCUT2D eigenvalue weighted by atomic mass is 10.4. The van der Waals surface area contributed by atoms with Crippen LogP contribution in [0.5, 0.6) is 0 Å². The molecule has 0 aliphatic rings. The average Bonchev–Trinajstić information content (AvgIpc) is 2.55. The fourth-order valence-electron chi connectivity index (χ4n) is 1.05. The molecular weight excluding hydrogens is 334 g/mol. The number of hydrogen-bond acceptors (Lipinski definition) is 5. The highest BCUT2D eigenvalue weighted by atomic mass is 79.9. The van der Waals surface area contributed by atoms with Crippen LogP contribution in [0.3, 0.4) is 0 Å². The fraction of sp³-hybridized carbons (Fsp3) is 0.375. The molecule has 9 heteroatoms. The smallest absolute Gasteiger partial charge is 0.333 e. The molecule has 0 fully saturated rings. The summed E-state index contributed by atoms with van der Waals surface area (Å²) in [4.78, 5) is 11.0. The third-order valence-corrected chi connectivity index (χ3v) is 5.12. The van der Waals surface area contributed by atoms with E-state index in [1.54, 1.807) is 6.92 Å².